The Morgan fingerprint density at radius 1 is 1.03 bits per heavy atom. The molecule has 0 fully saturated rings. The van der Waals surface area contributed by atoms with E-state index in [1.165, 1.54) is 11.3 Å². The molecule has 0 radical (unpaired) electrons. The van der Waals surface area contributed by atoms with Crippen LogP contribution in [0.5, 0.6) is 17.2 Å². The number of hydrogen-bond donors (Lipinski definition) is 0. The van der Waals surface area contributed by atoms with Crippen LogP contribution < -0.4 is 14.3 Å². The molecule has 4 aromatic rings. The van der Waals surface area contributed by atoms with Gasteiger partial charge in [-0.15, -0.1) is 6.42 Å². The Morgan fingerprint density at radius 3 is 2.61 bits per heavy atom. The summed E-state index contributed by atoms with van der Waals surface area (Å²) < 4.78 is 14.2. The minimum absolute atomic E-state index is 0.317. The first-order chi connectivity index (χ1) is 15.2. The number of fused-ring (bicyclic) bond motifs is 1. The van der Waals surface area contributed by atoms with Crippen LogP contribution in [0.15, 0.2) is 77.8 Å². The highest BCUT2D eigenvalue weighted by atomic mass is 32.1. The molecule has 6 heteroatoms. The van der Waals surface area contributed by atoms with Crippen molar-refractivity contribution in [3.05, 3.63) is 83.2 Å². The maximum Gasteiger partial charge on any atom is 0.279 e. The molecule has 0 bridgehead atoms. The fourth-order valence-corrected chi connectivity index (χ4v) is 4.16. The van der Waals surface area contributed by atoms with Crippen LogP contribution in [0.2, 0.25) is 0 Å². The van der Waals surface area contributed by atoms with E-state index in [1.54, 1.807) is 24.3 Å². The van der Waals surface area contributed by atoms with Crippen molar-refractivity contribution in [2.45, 2.75) is 13.5 Å². The van der Waals surface area contributed by atoms with E-state index in [4.69, 9.17) is 15.9 Å². The molecule has 1 amide bonds. The van der Waals surface area contributed by atoms with Crippen molar-refractivity contribution in [1.82, 2.24) is 4.57 Å². The highest BCUT2D eigenvalue weighted by Gasteiger charge is 2.11. The smallest absolute Gasteiger partial charge is 0.279 e. The Labute approximate surface area is 184 Å². The number of ether oxygens (including phenoxy) is 2. The van der Waals surface area contributed by atoms with Gasteiger partial charge in [0.05, 0.1) is 23.4 Å². The number of benzene rings is 3. The average molecular weight is 429 g/mol. The second kappa shape index (κ2) is 9.33. The molecule has 4 rings (SSSR count). The molecule has 31 heavy (non-hydrogen) atoms. The van der Waals surface area contributed by atoms with E-state index in [0.29, 0.717) is 35.0 Å². The molecule has 1 aromatic heterocycles. The van der Waals surface area contributed by atoms with Crippen molar-refractivity contribution in [2.24, 2.45) is 4.99 Å². The maximum absolute atomic E-state index is 12.9. The lowest BCUT2D eigenvalue weighted by Crippen LogP contribution is -2.16. The van der Waals surface area contributed by atoms with Gasteiger partial charge in [-0.05, 0) is 55.5 Å². The minimum Gasteiger partial charge on any atom is -0.494 e. The molecule has 0 saturated heterocycles. The third kappa shape index (κ3) is 4.68. The number of para-hydroxylation sites is 1. The molecule has 5 nitrogen and oxygen atoms in total. The van der Waals surface area contributed by atoms with Crippen LogP contribution >= 0.6 is 11.3 Å². The van der Waals surface area contributed by atoms with Crippen LogP contribution in [-0.2, 0) is 6.54 Å². The van der Waals surface area contributed by atoms with E-state index in [1.807, 2.05) is 60.0 Å². The van der Waals surface area contributed by atoms with Gasteiger partial charge in [-0.2, -0.15) is 4.99 Å². The zero-order chi connectivity index (χ0) is 21.6. The summed E-state index contributed by atoms with van der Waals surface area (Å²) in [6.45, 7) is 2.84. The van der Waals surface area contributed by atoms with Crippen LogP contribution in [0.3, 0.4) is 0 Å². The van der Waals surface area contributed by atoms with Gasteiger partial charge in [0, 0.05) is 5.56 Å². The van der Waals surface area contributed by atoms with Crippen LogP contribution in [0.4, 0.5) is 0 Å². The molecule has 0 aliphatic rings. The molecule has 1 heterocycles. The fourth-order valence-electron chi connectivity index (χ4n) is 3.11. The van der Waals surface area contributed by atoms with E-state index < -0.39 is 0 Å². The van der Waals surface area contributed by atoms with E-state index in [0.717, 1.165) is 16.0 Å². The van der Waals surface area contributed by atoms with Crippen molar-refractivity contribution in [3.8, 4) is 29.6 Å². The predicted octanol–water partition coefficient (Wildman–Crippen LogP) is 5.27. The number of thiazole rings is 1. The summed E-state index contributed by atoms with van der Waals surface area (Å²) in [7, 11) is 0. The molecule has 0 aliphatic carbocycles. The van der Waals surface area contributed by atoms with Gasteiger partial charge in [-0.25, -0.2) is 0 Å². The standard InChI is InChI=1S/C25H20N2O3S/c1-3-15-27-22-14-13-20(29-4-2)17-23(22)31-25(27)26-24(28)18-9-8-12-21(16-18)30-19-10-6-5-7-11-19/h1,5-14,16-17H,4,15H2,2H3. The lowest BCUT2D eigenvalue weighted by molar-refractivity contribution is 0.0997. The normalized spacial score (nSPS) is 11.3. The van der Waals surface area contributed by atoms with Gasteiger partial charge in [0.25, 0.3) is 5.91 Å². The van der Waals surface area contributed by atoms with Crippen molar-refractivity contribution in [2.75, 3.05) is 6.61 Å². The van der Waals surface area contributed by atoms with Gasteiger partial charge < -0.3 is 14.0 Å². The average Bonchev–Trinajstić information content (AvgIpc) is 3.11. The summed E-state index contributed by atoms with van der Waals surface area (Å²) in [5.74, 6) is 4.32. The number of carbonyl (C=O) groups excluding carboxylic acids is 1. The SMILES string of the molecule is C#CCn1c(=NC(=O)c2cccc(Oc3ccccc3)c2)sc2cc(OCC)ccc21. The first-order valence-electron chi connectivity index (χ1n) is 9.79. The van der Waals surface area contributed by atoms with Crippen molar-refractivity contribution >= 4 is 27.5 Å². The topological polar surface area (TPSA) is 52.8 Å². The molecule has 0 N–H and O–H groups in total. The number of nitrogens with zero attached hydrogens (tertiary/aromatic N) is 2. The molecule has 154 valence electrons. The number of aromatic nitrogens is 1. The number of carbonyl (C=O) groups is 1. The summed E-state index contributed by atoms with van der Waals surface area (Å²) in [6.07, 6.45) is 5.56. The molecule has 3 aromatic carbocycles. The highest BCUT2D eigenvalue weighted by molar-refractivity contribution is 7.16. The summed E-state index contributed by atoms with van der Waals surface area (Å²) in [4.78, 5) is 17.8. The van der Waals surface area contributed by atoms with Gasteiger partial charge >= 0.3 is 0 Å². The molecular formula is C25H20N2O3S. The fraction of sp³-hybridized carbons (Fsp3) is 0.120. The lowest BCUT2D eigenvalue weighted by Gasteiger charge is -2.06. The highest BCUT2D eigenvalue weighted by Crippen LogP contribution is 2.24. The zero-order valence-electron chi connectivity index (χ0n) is 16.9. The van der Waals surface area contributed by atoms with Gasteiger partial charge in [0.15, 0.2) is 4.80 Å². The van der Waals surface area contributed by atoms with Crippen molar-refractivity contribution < 1.29 is 14.3 Å². The van der Waals surface area contributed by atoms with Gasteiger partial charge in [0.1, 0.15) is 17.2 Å². The van der Waals surface area contributed by atoms with Crippen molar-refractivity contribution in [3.63, 3.8) is 0 Å². The monoisotopic (exact) mass is 428 g/mol. The van der Waals surface area contributed by atoms with E-state index in [2.05, 4.69) is 10.9 Å². The molecule has 0 aliphatic heterocycles. The molecule has 0 spiro atoms. The van der Waals surface area contributed by atoms with Crippen LogP contribution in [0, 0.1) is 12.3 Å². The molecule has 0 saturated carbocycles. The first kappa shape index (κ1) is 20.5. The Kier molecular flexibility index (Phi) is 6.16. The quantitative estimate of drug-likeness (QED) is 0.393. The number of terminal acetylenes is 1. The summed E-state index contributed by atoms with van der Waals surface area (Å²) in [6, 6.07) is 22.2. The Hall–Kier alpha value is -3.82. The summed E-state index contributed by atoms with van der Waals surface area (Å²) >= 11 is 1.40. The van der Waals surface area contributed by atoms with Gasteiger partial charge in [0.2, 0.25) is 0 Å². The summed E-state index contributed by atoms with van der Waals surface area (Å²) in [5.41, 5.74) is 1.35. The third-order valence-electron chi connectivity index (χ3n) is 4.47. The Morgan fingerprint density at radius 2 is 1.84 bits per heavy atom. The van der Waals surface area contributed by atoms with Gasteiger partial charge in [-0.1, -0.05) is 41.5 Å². The third-order valence-corrected chi connectivity index (χ3v) is 5.51. The zero-order valence-corrected chi connectivity index (χ0v) is 17.8. The van der Waals surface area contributed by atoms with E-state index in [-0.39, 0.29) is 5.91 Å². The van der Waals surface area contributed by atoms with Crippen LogP contribution in [-0.4, -0.2) is 17.1 Å². The molecular weight excluding hydrogens is 408 g/mol. The van der Waals surface area contributed by atoms with E-state index in [9.17, 15) is 4.79 Å². The largest absolute Gasteiger partial charge is 0.494 e. The van der Waals surface area contributed by atoms with Crippen LogP contribution in [0.1, 0.15) is 17.3 Å². The van der Waals surface area contributed by atoms with Gasteiger partial charge in [-0.3, -0.25) is 4.79 Å². The second-order valence-corrected chi connectivity index (χ2v) is 7.61. The molecule has 0 unspecified atom stereocenters. The van der Waals surface area contributed by atoms with E-state index >= 15 is 0 Å². The number of amides is 1. The number of hydrogen-bond acceptors (Lipinski definition) is 4. The Bertz CT molecular complexity index is 1330. The second-order valence-electron chi connectivity index (χ2n) is 6.60. The Balaban J connectivity index is 1.69. The van der Waals surface area contributed by atoms with Crippen LogP contribution in [0.25, 0.3) is 10.2 Å². The predicted molar refractivity (Wildman–Crippen MR) is 123 cm³/mol. The number of rotatable bonds is 6. The summed E-state index contributed by atoms with van der Waals surface area (Å²) in [5, 5.41) is 0. The minimum atomic E-state index is -0.360. The molecule has 0 atom stereocenters. The first-order valence-corrected chi connectivity index (χ1v) is 10.6. The van der Waals surface area contributed by atoms with Crippen molar-refractivity contribution in [1.29, 1.82) is 0 Å². The maximum atomic E-state index is 12.9. The lowest BCUT2D eigenvalue weighted by atomic mass is 10.2.